The molecule has 4 rings (SSSR count). The van der Waals surface area contributed by atoms with Crippen LogP contribution in [-0.2, 0) is 16.0 Å². The quantitative estimate of drug-likeness (QED) is 0.730. The van der Waals surface area contributed by atoms with Gasteiger partial charge < -0.3 is 15.5 Å². The maximum absolute atomic E-state index is 12.5. The van der Waals surface area contributed by atoms with Gasteiger partial charge in [-0.15, -0.1) is 0 Å². The van der Waals surface area contributed by atoms with Crippen LogP contribution in [0.25, 0.3) is 0 Å². The Kier molecular flexibility index (Phi) is 6.93. The largest absolute Gasteiger partial charge is 0.374 e. The van der Waals surface area contributed by atoms with Crippen molar-refractivity contribution in [2.24, 2.45) is 0 Å². The Hall–Kier alpha value is -2.08. The van der Waals surface area contributed by atoms with Crippen LogP contribution in [0.1, 0.15) is 68.5 Å². The first-order valence-corrected chi connectivity index (χ1v) is 11.8. The summed E-state index contributed by atoms with van der Waals surface area (Å²) in [4.78, 5) is 29.7. The van der Waals surface area contributed by atoms with Gasteiger partial charge in [0, 0.05) is 31.9 Å². The number of likely N-dealkylation sites (N-methyl/N-ethyl adjacent to an activating group) is 1. The van der Waals surface area contributed by atoms with Crippen molar-refractivity contribution in [2.75, 3.05) is 38.1 Å². The van der Waals surface area contributed by atoms with E-state index in [9.17, 15) is 9.59 Å². The second-order valence-corrected chi connectivity index (χ2v) is 9.19. The number of likely N-dealkylation sites (tertiary alicyclic amines) is 1. The molecule has 1 unspecified atom stereocenters. The van der Waals surface area contributed by atoms with Crippen molar-refractivity contribution in [1.29, 1.82) is 0 Å². The summed E-state index contributed by atoms with van der Waals surface area (Å²) in [6, 6.07) is 7.00. The molecule has 0 radical (unpaired) electrons. The Balaban J connectivity index is 1.41. The van der Waals surface area contributed by atoms with Gasteiger partial charge in [0.25, 0.3) is 0 Å². The van der Waals surface area contributed by atoms with E-state index in [0.717, 1.165) is 51.7 Å². The summed E-state index contributed by atoms with van der Waals surface area (Å²) in [6.07, 6.45) is 10.2. The van der Waals surface area contributed by atoms with Gasteiger partial charge in [0.15, 0.2) is 0 Å². The van der Waals surface area contributed by atoms with E-state index in [1.807, 2.05) is 0 Å². The van der Waals surface area contributed by atoms with Gasteiger partial charge in [-0.3, -0.25) is 14.5 Å². The maximum Gasteiger partial charge on any atom is 0.309 e. The highest BCUT2D eigenvalue weighted by Gasteiger charge is 2.27. The fraction of sp³-hybridized carbons (Fsp3) is 0.667. The number of carbonyl (C=O) groups excluding carboxylic acids is 2. The number of fused-ring (bicyclic) bond motifs is 1. The standard InChI is InChI=1S/C24H36N4O2/c1-27-15-12-19-16-18(10-11-21(19)27)22(28-13-6-3-7-14-28)17-25-23(29)24(30)26-20-8-4-2-5-9-20/h10-11,16,20,22H,2-9,12-15,17H2,1H3,(H,25,29)(H,26,30). The van der Waals surface area contributed by atoms with Crippen LogP contribution in [0.4, 0.5) is 5.69 Å². The average molecular weight is 413 g/mol. The molecule has 2 N–H and O–H groups in total. The average Bonchev–Trinajstić information content (AvgIpc) is 3.15. The summed E-state index contributed by atoms with van der Waals surface area (Å²) in [5.41, 5.74) is 3.95. The number of rotatable bonds is 5. The van der Waals surface area contributed by atoms with E-state index < -0.39 is 11.8 Å². The maximum atomic E-state index is 12.5. The van der Waals surface area contributed by atoms with E-state index >= 15 is 0 Å². The minimum absolute atomic E-state index is 0.118. The van der Waals surface area contributed by atoms with Crippen molar-refractivity contribution in [3.05, 3.63) is 29.3 Å². The molecule has 2 heterocycles. The predicted molar refractivity (Wildman–Crippen MR) is 120 cm³/mol. The fourth-order valence-corrected chi connectivity index (χ4v) is 5.25. The van der Waals surface area contributed by atoms with E-state index in [1.54, 1.807) is 0 Å². The minimum Gasteiger partial charge on any atom is -0.374 e. The van der Waals surface area contributed by atoms with Gasteiger partial charge in [0.2, 0.25) is 0 Å². The molecule has 1 aromatic carbocycles. The van der Waals surface area contributed by atoms with E-state index in [1.165, 1.54) is 42.5 Å². The van der Waals surface area contributed by atoms with Gasteiger partial charge in [-0.05, 0) is 62.4 Å². The first-order valence-electron chi connectivity index (χ1n) is 11.8. The van der Waals surface area contributed by atoms with Crippen LogP contribution in [0.2, 0.25) is 0 Å². The molecule has 1 atom stereocenters. The van der Waals surface area contributed by atoms with Crippen molar-refractivity contribution < 1.29 is 9.59 Å². The van der Waals surface area contributed by atoms with Crippen LogP contribution in [-0.4, -0.2) is 56.0 Å². The number of hydrogen-bond acceptors (Lipinski definition) is 4. The predicted octanol–water partition coefficient (Wildman–Crippen LogP) is 2.77. The first-order chi connectivity index (χ1) is 14.6. The number of benzene rings is 1. The van der Waals surface area contributed by atoms with Gasteiger partial charge >= 0.3 is 11.8 Å². The number of amides is 2. The molecule has 0 bridgehead atoms. The lowest BCUT2D eigenvalue weighted by Crippen LogP contribution is -2.47. The lowest BCUT2D eigenvalue weighted by Gasteiger charge is -2.35. The monoisotopic (exact) mass is 412 g/mol. The summed E-state index contributed by atoms with van der Waals surface area (Å²) in [6.45, 7) is 3.63. The van der Waals surface area contributed by atoms with Crippen LogP contribution < -0.4 is 15.5 Å². The molecule has 6 heteroatoms. The number of hydrogen-bond donors (Lipinski definition) is 2. The van der Waals surface area contributed by atoms with Crippen LogP contribution in [0, 0.1) is 0 Å². The van der Waals surface area contributed by atoms with Gasteiger partial charge in [0.05, 0.1) is 6.04 Å². The molecular weight excluding hydrogens is 376 g/mol. The topological polar surface area (TPSA) is 64.7 Å². The summed E-state index contributed by atoms with van der Waals surface area (Å²) < 4.78 is 0. The SMILES string of the molecule is CN1CCc2cc(C(CNC(=O)C(=O)NC3CCCCC3)N3CCCCC3)ccc21. The fourth-order valence-electron chi connectivity index (χ4n) is 5.25. The van der Waals surface area contributed by atoms with Crippen LogP contribution in [0.5, 0.6) is 0 Å². The van der Waals surface area contributed by atoms with Crippen molar-refractivity contribution in [3.63, 3.8) is 0 Å². The summed E-state index contributed by atoms with van der Waals surface area (Å²) in [5, 5.41) is 5.87. The smallest absolute Gasteiger partial charge is 0.309 e. The number of anilines is 1. The molecule has 2 amide bonds. The molecule has 1 saturated heterocycles. The Morgan fingerprint density at radius 1 is 1.00 bits per heavy atom. The number of piperidine rings is 1. The molecular formula is C24H36N4O2. The zero-order chi connectivity index (χ0) is 20.9. The van der Waals surface area contributed by atoms with Crippen molar-refractivity contribution in [1.82, 2.24) is 15.5 Å². The van der Waals surface area contributed by atoms with E-state index in [0.29, 0.717) is 6.54 Å². The highest BCUT2D eigenvalue weighted by atomic mass is 16.2. The van der Waals surface area contributed by atoms with E-state index in [4.69, 9.17) is 0 Å². The number of nitrogens with one attached hydrogen (secondary N) is 2. The zero-order valence-corrected chi connectivity index (χ0v) is 18.3. The lowest BCUT2D eigenvalue weighted by atomic mass is 9.95. The summed E-state index contributed by atoms with van der Waals surface area (Å²) in [7, 11) is 2.14. The molecule has 2 fully saturated rings. The van der Waals surface area contributed by atoms with Gasteiger partial charge in [-0.2, -0.15) is 0 Å². The Morgan fingerprint density at radius 3 is 2.50 bits per heavy atom. The molecule has 3 aliphatic rings. The third-order valence-corrected chi connectivity index (χ3v) is 7.05. The third kappa shape index (κ3) is 4.97. The molecule has 30 heavy (non-hydrogen) atoms. The third-order valence-electron chi connectivity index (χ3n) is 7.05. The Morgan fingerprint density at radius 2 is 1.73 bits per heavy atom. The van der Waals surface area contributed by atoms with Crippen LogP contribution in [0.15, 0.2) is 18.2 Å². The molecule has 1 aromatic rings. The molecule has 164 valence electrons. The second-order valence-electron chi connectivity index (χ2n) is 9.19. The lowest BCUT2D eigenvalue weighted by molar-refractivity contribution is -0.139. The minimum atomic E-state index is -0.497. The van der Waals surface area contributed by atoms with Crippen molar-refractivity contribution >= 4 is 17.5 Å². The Labute approximate surface area is 180 Å². The molecule has 0 aromatic heterocycles. The Bertz CT molecular complexity index is 754. The number of carbonyl (C=O) groups is 2. The molecule has 0 spiro atoms. The highest BCUT2D eigenvalue weighted by Crippen LogP contribution is 2.32. The van der Waals surface area contributed by atoms with E-state index in [-0.39, 0.29) is 12.1 Å². The van der Waals surface area contributed by atoms with Crippen molar-refractivity contribution in [2.45, 2.75) is 69.9 Å². The number of nitrogens with zero attached hydrogens (tertiary/aromatic N) is 2. The summed E-state index contributed by atoms with van der Waals surface area (Å²) >= 11 is 0. The van der Waals surface area contributed by atoms with Crippen LogP contribution in [0.3, 0.4) is 0 Å². The van der Waals surface area contributed by atoms with Crippen molar-refractivity contribution in [3.8, 4) is 0 Å². The van der Waals surface area contributed by atoms with Gasteiger partial charge in [-0.25, -0.2) is 0 Å². The molecule has 6 nitrogen and oxygen atoms in total. The van der Waals surface area contributed by atoms with Crippen LogP contribution >= 0.6 is 0 Å². The highest BCUT2D eigenvalue weighted by molar-refractivity contribution is 6.35. The van der Waals surface area contributed by atoms with Gasteiger partial charge in [0.1, 0.15) is 0 Å². The zero-order valence-electron chi connectivity index (χ0n) is 18.3. The van der Waals surface area contributed by atoms with Gasteiger partial charge in [-0.1, -0.05) is 37.8 Å². The molecule has 1 aliphatic carbocycles. The molecule has 2 aliphatic heterocycles. The normalized spacial score (nSPS) is 21.2. The molecule has 1 saturated carbocycles. The second kappa shape index (κ2) is 9.82. The van der Waals surface area contributed by atoms with E-state index in [2.05, 4.69) is 45.7 Å². The first kappa shape index (κ1) is 21.2. The summed E-state index contributed by atoms with van der Waals surface area (Å²) in [5.74, 6) is -0.974.